The zero-order chi connectivity index (χ0) is 8.31. The van der Waals surface area contributed by atoms with E-state index in [1.807, 2.05) is 0 Å². The summed E-state index contributed by atoms with van der Waals surface area (Å²) in [5, 5.41) is 35.7. The van der Waals surface area contributed by atoms with Crippen LogP contribution >= 0.6 is 0 Å². The van der Waals surface area contributed by atoms with Crippen LogP contribution in [0, 0.1) is 0 Å². The van der Waals surface area contributed by atoms with Crippen LogP contribution in [0.1, 0.15) is 0 Å². The third-order valence-corrected chi connectivity index (χ3v) is 0.782. The average Bonchev–Trinajstić information content (AvgIpc) is 1.84. The topological polar surface area (TPSA) is 157 Å². The smallest absolute Gasteiger partial charge is 0.547 e. The SMILES string of the molecule is O=C([O-])C(O)C(O)C(=O)[O-].[K+].[NH4+].[Ni]. The molecule has 0 aromatic carbocycles. The number of carbonyl (C=O) groups is 2. The van der Waals surface area contributed by atoms with Gasteiger partial charge in [0.2, 0.25) is 0 Å². The molecule has 0 heterocycles. The minimum atomic E-state index is -2.44. The Kier molecular flexibility index (Phi) is 20.0. The molecule has 0 spiro atoms. The Bertz CT molecular complexity index is 149. The number of hydrogen-bond donors (Lipinski definition) is 3. The molecule has 0 amide bonds. The van der Waals surface area contributed by atoms with Crippen molar-refractivity contribution in [2.24, 2.45) is 0 Å². The first-order chi connectivity index (χ1) is 4.46. The van der Waals surface area contributed by atoms with Crippen LogP contribution in [0.3, 0.4) is 0 Å². The molecular formula is C4H8KNNiO6. The maximum Gasteiger partial charge on any atom is 1.00 e. The van der Waals surface area contributed by atoms with Gasteiger partial charge in [0.1, 0.15) is 12.2 Å². The number of aliphatic hydroxyl groups is 2. The summed E-state index contributed by atoms with van der Waals surface area (Å²) in [6.07, 6.45) is -4.88. The van der Waals surface area contributed by atoms with Crippen LogP contribution in [-0.2, 0) is 26.1 Å². The average molecular weight is 264 g/mol. The zero-order valence-corrected chi connectivity index (χ0v) is 11.1. The van der Waals surface area contributed by atoms with Gasteiger partial charge in [-0.05, 0) is 0 Å². The molecule has 13 heavy (non-hydrogen) atoms. The summed E-state index contributed by atoms with van der Waals surface area (Å²) in [6.45, 7) is 0. The molecule has 0 aliphatic rings. The number of carboxylic acids is 2. The monoisotopic (exact) mass is 263 g/mol. The largest absolute Gasteiger partial charge is 1.00 e. The molecule has 2 atom stereocenters. The summed E-state index contributed by atoms with van der Waals surface area (Å²) in [7, 11) is 0. The van der Waals surface area contributed by atoms with Crippen molar-refractivity contribution in [3.63, 3.8) is 0 Å². The molecule has 76 valence electrons. The first-order valence-corrected chi connectivity index (χ1v) is 2.24. The summed E-state index contributed by atoms with van der Waals surface area (Å²) in [5.74, 6) is -4.12. The predicted octanol–water partition coefficient (Wildman–Crippen LogP) is -7.41. The second-order valence-electron chi connectivity index (χ2n) is 1.53. The summed E-state index contributed by atoms with van der Waals surface area (Å²) in [4.78, 5) is 19.3. The quantitative estimate of drug-likeness (QED) is 0.429. The van der Waals surface area contributed by atoms with Crippen LogP contribution in [0.2, 0.25) is 0 Å². The number of aliphatic hydroxyl groups excluding tert-OH is 2. The third kappa shape index (κ3) is 9.26. The van der Waals surface area contributed by atoms with Crippen molar-refractivity contribution in [3.8, 4) is 0 Å². The molecule has 0 aliphatic heterocycles. The standard InChI is InChI=1S/C4H6O6.K.H3N.Ni/c5-1(3(7)8)2(6)4(9)10;;;/h1-2,5-6H,(H,7,8)(H,9,10);;1H3;/q;+1;;/p-1. The van der Waals surface area contributed by atoms with Gasteiger partial charge in [0.25, 0.3) is 0 Å². The molecule has 0 aromatic heterocycles. The van der Waals surface area contributed by atoms with E-state index in [2.05, 4.69) is 0 Å². The van der Waals surface area contributed by atoms with Crippen LogP contribution in [0.25, 0.3) is 0 Å². The molecule has 0 fully saturated rings. The molecule has 9 heteroatoms. The van der Waals surface area contributed by atoms with Gasteiger partial charge in [0, 0.05) is 16.5 Å². The van der Waals surface area contributed by atoms with Gasteiger partial charge in [0.15, 0.2) is 0 Å². The van der Waals surface area contributed by atoms with Gasteiger partial charge in [-0.15, -0.1) is 0 Å². The van der Waals surface area contributed by atoms with Gasteiger partial charge in [-0.25, -0.2) is 0 Å². The van der Waals surface area contributed by atoms with E-state index < -0.39 is 24.1 Å². The molecule has 0 rings (SSSR count). The van der Waals surface area contributed by atoms with Crippen LogP contribution in [-0.4, -0.2) is 34.4 Å². The van der Waals surface area contributed by atoms with Gasteiger partial charge in [-0.3, -0.25) is 0 Å². The zero-order valence-electron chi connectivity index (χ0n) is 7.00. The fraction of sp³-hybridized carbons (Fsp3) is 0.500. The van der Waals surface area contributed by atoms with E-state index in [0.717, 1.165) is 0 Å². The van der Waals surface area contributed by atoms with Gasteiger partial charge in [-0.2, -0.15) is 0 Å². The fourth-order valence-electron chi connectivity index (χ4n) is 0.258. The van der Waals surface area contributed by atoms with Crippen LogP contribution in [0.4, 0.5) is 0 Å². The predicted molar refractivity (Wildman–Crippen MR) is 28.0 cm³/mol. The second-order valence-corrected chi connectivity index (χ2v) is 1.53. The minimum absolute atomic E-state index is 0. The van der Waals surface area contributed by atoms with E-state index in [-0.39, 0.29) is 74.0 Å². The Morgan fingerprint density at radius 2 is 1.15 bits per heavy atom. The number of aliphatic carboxylic acids is 2. The summed E-state index contributed by atoms with van der Waals surface area (Å²) in [5.41, 5.74) is 0. The third-order valence-electron chi connectivity index (χ3n) is 0.782. The second kappa shape index (κ2) is 11.0. The Hall–Kier alpha value is 0.950. The van der Waals surface area contributed by atoms with Crippen molar-refractivity contribution < 1.29 is 97.9 Å². The molecule has 0 saturated heterocycles. The summed E-state index contributed by atoms with van der Waals surface area (Å²) < 4.78 is 0. The molecule has 7 nitrogen and oxygen atoms in total. The molecule has 0 saturated carbocycles. The Labute approximate surface area is 126 Å². The minimum Gasteiger partial charge on any atom is -0.547 e. The number of rotatable bonds is 3. The van der Waals surface area contributed by atoms with E-state index in [4.69, 9.17) is 10.2 Å². The van der Waals surface area contributed by atoms with Gasteiger partial charge < -0.3 is 36.2 Å². The van der Waals surface area contributed by atoms with Crippen LogP contribution in [0.15, 0.2) is 0 Å². The molecule has 0 radical (unpaired) electrons. The van der Waals surface area contributed by atoms with Gasteiger partial charge in [-0.1, -0.05) is 0 Å². The molecule has 0 aromatic rings. The van der Waals surface area contributed by atoms with Crippen molar-refractivity contribution in [1.29, 1.82) is 0 Å². The van der Waals surface area contributed by atoms with E-state index in [1.54, 1.807) is 0 Å². The van der Waals surface area contributed by atoms with E-state index >= 15 is 0 Å². The van der Waals surface area contributed by atoms with Crippen molar-refractivity contribution in [1.82, 2.24) is 6.15 Å². The molecule has 6 N–H and O–H groups in total. The number of hydrogen-bond acceptors (Lipinski definition) is 6. The number of carboxylic acid groups (broad SMARTS) is 2. The first-order valence-electron chi connectivity index (χ1n) is 2.24. The molecule has 2 unspecified atom stereocenters. The maximum atomic E-state index is 9.63. The molecular weight excluding hydrogens is 256 g/mol. The Morgan fingerprint density at radius 3 is 1.23 bits per heavy atom. The van der Waals surface area contributed by atoms with Crippen molar-refractivity contribution in [2.75, 3.05) is 0 Å². The summed E-state index contributed by atoms with van der Waals surface area (Å²) >= 11 is 0. The fourth-order valence-corrected chi connectivity index (χ4v) is 0.258. The van der Waals surface area contributed by atoms with Crippen LogP contribution < -0.4 is 67.7 Å². The van der Waals surface area contributed by atoms with E-state index in [1.165, 1.54) is 0 Å². The van der Waals surface area contributed by atoms with E-state index in [0.29, 0.717) is 0 Å². The van der Waals surface area contributed by atoms with Gasteiger partial charge in [0.05, 0.1) is 11.9 Å². The molecule has 0 bridgehead atoms. The van der Waals surface area contributed by atoms with Gasteiger partial charge >= 0.3 is 51.4 Å². The summed E-state index contributed by atoms with van der Waals surface area (Å²) in [6, 6.07) is 0. The van der Waals surface area contributed by atoms with Crippen molar-refractivity contribution >= 4 is 11.9 Å². The number of quaternary nitrogens is 1. The van der Waals surface area contributed by atoms with Crippen molar-refractivity contribution in [2.45, 2.75) is 12.2 Å². The molecule has 0 aliphatic carbocycles. The Morgan fingerprint density at radius 1 is 1.00 bits per heavy atom. The number of carbonyl (C=O) groups excluding carboxylic acids is 2. The maximum absolute atomic E-state index is 9.63. The Balaban J connectivity index is -0.000000135. The first kappa shape index (κ1) is 23.6. The van der Waals surface area contributed by atoms with Crippen molar-refractivity contribution in [3.05, 3.63) is 0 Å². The van der Waals surface area contributed by atoms with Crippen LogP contribution in [0.5, 0.6) is 0 Å². The van der Waals surface area contributed by atoms with E-state index in [9.17, 15) is 19.8 Å². The normalized spacial score (nSPS) is 12.2.